The first-order valence-electron chi connectivity index (χ1n) is 10.8. The fourth-order valence-corrected chi connectivity index (χ4v) is 17.0. The van der Waals surface area contributed by atoms with Crippen molar-refractivity contribution in [1.82, 2.24) is 0 Å². The van der Waals surface area contributed by atoms with Gasteiger partial charge in [0.05, 0.1) is 30.3 Å². The molecular weight excluding hydrogens is 1340 g/mol. The molecule has 4 nitrogen and oxygen atoms in total. The Morgan fingerprint density at radius 3 is 1.79 bits per heavy atom. The Labute approximate surface area is 315 Å². The number of hydrogen-bond donors (Lipinski definition) is 2. The molecule has 10 atom stereocenters. The summed E-state index contributed by atoms with van der Waals surface area (Å²) in [6, 6.07) is 0. The monoisotopic (exact) mass is 1380 g/mol. The number of methoxy groups -OCH3 is 1. The zero-order valence-electron chi connectivity index (χ0n) is 20.9. The van der Waals surface area contributed by atoms with E-state index < -0.39 is 18.7 Å². The summed E-state index contributed by atoms with van der Waals surface area (Å²) in [5.41, 5.74) is -1.43. The van der Waals surface area contributed by atoms with Gasteiger partial charge in [0.15, 0.2) is 3.42 Å². The van der Waals surface area contributed by atoms with E-state index in [0.29, 0.717) is 10.5 Å². The molecule has 204 valence electrons. The summed E-state index contributed by atoms with van der Waals surface area (Å²) >= 11 is 20.4. The average Bonchev–Trinajstić information content (AvgIpc) is 2.67. The second-order valence-electron chi connectivity index (χ2n) is 10.6. The van der Waals surface area contributed by atoms with Gasteiger partial charge in [-0.3, -0.25) is 0 Å². The molecule has 0 aromatic heterocycles. The number of ether oxygens (including phenoxy) is 2. The summed E-state index contributed by atoms with van der Waals surface area (Å²) in [5.74, 6) is -1.72. The van der Waals surface area contributed by atoms with Gasteiger partial charge in [0.1, 0.15) is 5.60 Å². The van der Waals surface area contributed by atoms with Crippen molar-refractivity contribution in [2.24, 2.45) is 0 Å². The Balaban J connectivity index is 3.82. The number of rotatable bonds is 9. The molecule has 0 amide bonds. The molecule has 0 aliphatic carbocycles. The second-order valence-corrected chi connectivity index (χ2v) is 26.3. The normalized spacial score (nSPS) is 37.3. The SMILES string of the molecule is COC(O)(C(I)C(C)(I)[C@@](C)(I)C(C)([IH+])C1(I)C[C@@H](C)OCC1(I)C(C)(I)C(C)I)C(C)(C)O. The first-order chi connectivity index (χ1) is 14.8. The van der Waals surface area contributed by atoms with Crippen molar-refractivity contribution in [3.05, 3.63) is 0 Å². The van der Waals surface area contributed by atoms with Crippen LogP contribution in [0.25, 0.3) is 0 Å². The summed E-state index contributed by atoms with van der Waals surface area (Å²) < 4.78 is 10.7. The standard InChI is InChI=1S/C22H37I8O4/c1-12-10-20(29,21(30,11-34-12)16(5,25)13(2)23)19(8,28)18(7,27)17(6,26)14(24)22(32,33-9)15(3,4)31/h12-14,28,31-32H,10-11H2,1-9H3/q+1/t12-,13?,14?,16?,17?,18-,19?,20?,21?,22?/m1/s1. The quantitative estimate of drug-likeness (QED) is 0.203. The highest BCUT2D eigenvalue weighted by atomic mass is 127. The van der Waals surface area contributed by atoms with Crippen LogP contribution in [0.5, 0.6) is 0 Å². The summed E-state index contributed by atoms with van der Waals surface area (Å²) in [6.45, 7) is 17.7. The van der Waals surface area contributed by atoms with Crippen molar-refractivity contribution in [2.45, 2.75) is 108 Å². The van der Waals surface area contributed by atoms with Crippen molar-refractivity contribution in [1.29, 1.82) is 0 Å². The Kier molecular flexibility index (Phi) is 13.7. The fourth-order valence-electron chi connectivity index (χ4n) is 4.51. The van der Waals surface area contributed by atoms with E-state index in [-0.39, 0.29) is 23.2 Å². The van der Waals surface area contributed by atoms with Crippen LogP contribution < -0.4 is 22.6 Å². The van der Waals surface area contributed by atoms with Crippen LogP contribution in [0.3, 0.4) is 0 Å². The first-order valence-corrected chi connectivity index (χ1v) is 19.9. The van der Waals surface area contributed by atoms with Gasteiger partial charge in [0.25, 0.3) is 22.6 Å². The van der Waals surface area contributed by atoms with E-state index in [0.717, 1.165) is 6.42 Å². The van der Waals surface area contributed by atoms with E-state index in [1.807, 2.05) is 0 Å². The number of aliphatic hydroxyl groups is 2. The average molecular weight is 1380 g/mol. The Morgan fingerprint density at radius 1 is 1.00 bits per heavy atom. The summed E-state index contributed by atoms with van der Waals surface area (Å²) in [4.78, 5) is 0. The van der Waals surface area contributed by atoms with E-state index >= 15 is 0 Å². The minimum Gasteiger partial charge on any atom is -0.385 e. The van der Waals surface area contributed by atoms with Crippen LogP contribution in [0, 0.1) is 0 Å². The summed E-state index contributed by atoms with van der Waals surface area (Å²) in [7, 11) is 1.48. The number of hydrogen-bond acceptors (Lipinski definition) is 4. The summed E-state index contributed by atoms with van der Waals surface area (Å²) in [5, 5.41) is 22.5. The largest absolute Gasteiger partial charge is 0.385 e. The van der Waals surface area contributed by atoms with Gasteiger partial charge >= 0.3 is 0 Å². The van der Waals surface area contributed by atoms with Crippen molar-refractivity contribution < 1.29 is 42.3 Å². The molecule has 1 aliphatic rings. The van der Waals surface area contributed by atoms with Crippen molar-refractivity contribution in [2.75, 3.05) is 13.7 Å². The molecule has 12 heteroatoms. The highest BCUT2D eigenvalue weighted by Gasteiger charge is 2.78. The fraction of sp³-hybridized carbons (Fsp3) is 1.00. The molecule has 1 fully saturated rings. The first kappa shape index (κ1) is 37.7. The van der Waals surface area contributed by atoms with Gasteiger partial charge in [-0.15, -0.1) is 0 Å². The van der Waals surface area contributed by atoms with E-state index in [9.17, 15) is 10.2 Å². The van der Waals surface area contributed by atoms with Crippen molar-refractivity contribution >= 4 is 158 Å². The van der Waals surface area contributed by atoms with Gasteiger partial charge in [-0.25, -0.2) is 0 Å². The molecule has 0 saturated carbocycles. The third-order valence-electron chi connectivity index (χ3n) is 7.86. The maximum atomic E-state index is 11.6. The number of halogens is 8. The second kappa shape index (κ2) is 12.4. The molecule has 0 radical (unpaired) electrons. The van der Waals surface area contributed by atoms with Crippen LogP contribution in [-0.4, -0.2) is 69.8 Å². The predicted molar refractivity (Wildman–Crippen MR) is 200 cm³/mol. The van der Waals surface area contributed by atoms with Gasteiger partial charge in [0, 0.05) is 14.5 Å². The van der Waals surface area contributed by atoms with E-state index in [1.54, 1.807) is 13.8 Å². The molecule has 34 heavy (non-hydrogen) atoms. The molecular formula is C22H37I8O4+. The van der Waals surface area contributed by atoms with Gasteiger partial charge in [0.2, 0.25) is 5.79 Å². The molecule has 0 aromatic carbocycles. The molecule has 1 aliphatic heterocycles. The van der Waals surface area contributed by atoms with Gasteiger partial charge in [-0.1, -0.05) is 165 Å². The maximum Gasteiger partial charge on any atom is 0.261 e. The highest BCUT2D eigenvalue weighted by Crippen LogP contribution is 2.65. The van der Waals surface area contributed by atoms with E-state index in [2.05, 4.69) is 222 Å². The third kappa shape index (κ3) is 6.03. The zero-order chi connectivity index (χ0) is 27.6. The van der Waals surface area contributed by atoms with Crippen LogP contribution in [0.4, 0.5) is 0 Å². The van der Waals surface area contributed by atoms with Gasteiger partial charge < -0.3 is 19.7 Å². The van der Waals surface area contributed by atoms with Crippen molar-refractivity contribution in [3.63, 3.8) is 0 Å². The van der Waals surface area contributed by atoms with Crippen LogP contribution in [0.2, 0.25) is 0 Å². The van der Waals surface area contributed by atoms with Crippen molar-refractivity contribution in [3.8, 4) is 0 Å². The molecule has 0 bridgehead atoms. The lowest BCUT2D eigenvalue weighted by Crippen LogP contribution is -3.47. The molecule has 2 N–H and O–H groups in total. The van der Waals surface area contributed by atoms with Crippen LogP contribution in [0.1, 0.15) is 61.8 Å². The molecule has 1 saturated heterocycles. The lowest BCUT2D eigenvalue weighted by atomic mass is 9.65. The Hall–Kier alpha value is 5.68. The van der Waals surface area contributed by atoms with Crippen LogP contribution in [-0.2, 0) is 9.47 Å². The predicted octanol–water partition coefficient (Wildman–Crippen LogP) is 4.50. The summed E-state index contributed by atoms with van der Waals surface area (Å²) in [6.07, 6.45) is 1.10. The van der Waals surface area contributed by atoms with Crippen LogP contribution >= 0.6 is 158 Å². The molecule has 0 spiro atoms. The maximum absolute atomic E-state index is 11.6. The molecule has 1 heterocycles. The van der Waals surface area contributed by atoms with Crippen LogP contribution in [0.15, 0.2) is 0 Å². The van der Waals surface area contributed by atoms with E-state index in [1.165, 1.54) is 7.11 Å². The topological polar surface area (TPSA) is 58.9 Å². The lowest BCUT2D eigenvalue weighted by molar-refractivity contribution is -0.491. The smallest absolute Gasteiger partial charge is 0.261 e. The third-order valence-corrected chi connectivity index (χ3v) is 31.7. The Morgan fingerprint density at radius 2 is 1.44 bits per heavy atom. The highest BCUT2D eigenvalue weighted by molar-refractivity contribution is 14.1. The van der Waals surface area contributed by atoms with E-state index in [4.69, 9.17) is 9.47 Å². The molecule has 0 aromatic rings. The minimum absolute atomic E-state index is 0.0232. The van der Waals surface area contributed by atoms with Gasteiger partial charge in [-0.2, -0.15) is 0 Å². The van der Waals surface area contributed by atoms with Gasteiger partial charge in [-0.05, 0) is 54.9 Å². The lowest BCUT2D eigenvalue weighted by Gasteiger charge is -2.62. The molecule has 8 unspecified atom stereocenters. The zero-order valence-corrected chi connectivity index (χ0v) is 38.3. The number of alkyl halides is 8. The minimum atomic E-state index is -1.72. The Bertz CT molecular complexity index is 739. The molecule has 1 rings (SSSR count).